The van der Waals surface area contributed by atoms with Crippen LogP contribution in [0.1, 0.15) is 25.5 Å². The van der Waals surface area contributed by atoms with Crippen LogP contribution in [0, 0.1) is 5.82 Å². The maximum absolute atomic E-state index is 13.7. The molecule has 0 aliphatic rings. The average Bonchev–Trinajstić information content (AvgIpc) is 2.35. The second kappa shape index (κ2) is 6.85. The smallest absolute Gasteiger partial charge is 0.407 e. The van der Waals surface area contributed by atoms with Crippen LogP contribution in [0.15, 0.2) is 24.3 Å². The molecule has 1 aromatic carbocycles. The van der Waals surface area contributed by atoms with Crippen molar-refractivity contribution in [2.75, 3.05) is 0 Å². The molecule has 0 heterocycles. The van der Waals surface area contributed by atoms with Crippen molar-refractivity contribution in [2.24, 2.45) is 0 Å². The molecule has 0 spiro atoms. The molecule has 0 aromatic heterocycles. The van der Waals surface area contributed by atoms with Gasteiger partial charge in [0.15, 0.2) is 6.10 Å². The zero-order chi connectivity index (χ0) is 15.3. The molecule has 0 aliphatic carbocycles. The van der Waals surface area contributed by atoms with Crippen LogP contribution in [0.4, 0.5) is 9.18 Å². The number of carbonyl (C=O) groups is 2. The minimum Gasteiger partial charge on any atom is -0.479 e. The van der Waals surface area contributed by atoms with E-state index in [9.17, 15) is 19.1 Å². The van der Waals surface area contributed by atoms with Crippen LogP contribution in [-0.2, 0) is 9.53 Å². The molecule has 2 atom stereocenters. The van der Waals surface area contributed by atoms with Crippen molar-refractivity contribution in [3.05, 3.63) is 35.6 Å². The maximum Gasteiger partial charge on any atom is 0.407 e. The number of alkyl carbamates (subject to hydrolysis) is 1. The van der Waals surface area contributed by atoms with Gasteiger partial charge < -0.3 is 20.3 Å². The third-order valence-electron chi connectivity index (χ3n) is 2.43. The van der Waals surface area contributed by atoms with E-state index in [-0.39, 0.29) is 5.56 Å². The monoisotopic (exact) mass is 285 g/mol. The van der Waals surface area contributed by atoms with Crippen LogP contribution >= 0.6 is 0 Å². The van der Waals surface area contributed by atoms with E-state index in [4.69, 9.17) is 9.84 Å². The van der Waals surface area contributed by atoms with Gasteiger partial charge in [0, 0.05) is 5.56 Å². The van der Waals surface area contributed by atoms with Crippen molar-refractivity contribution in [3.8, 4) is 0 Å². The first-order valence-corrected chi connectivity index (χ1v) is 5.95. The number of carboxylic acids is 1. The maximum atomic E-state index is 13.7. The topological polar surface area (TPSA) is 95.9 Å². The Morgan fingerprint density at radius 2 is 1.90 bits per heavy atom. The lowest BCUT2D eigenvalue weighted by Crippen LogP contribution is -2.41. The highest BCUT2D eigenvalue weighted by Gasteiger charge is 2.31. The number of hydrogen-bond acceptors (Lipinski definition) is 4. The van der Waals surface area contributed by atoms with Crippen molar-refractivity contribution in [1.82, 2.24) is 5.32 Å². The molecular weight excluding hydrogens is 269 g/mol. The Bertz CT molecular complexity index is 491. The fourth-order valence-electron chi connectivity index (χ4n) is 1.57. The molecule has 0 unspecified atom stereocenters. The number of aliphatic carboxylic acids is 1. The Hall–Kier alpha value is -2.15. The second-order valence-electron chi connectivity index (χ2n) is 4.38. The molecule has 110 valence electrons. The average molecular weight is 285 g/mol. The van der Waals surface area contributed by atoms with Crippen LogP contribution in [-0.4, -0.2) is 34.5 Å². The number of hydrogen-bond donors (Lipinski definition) is 3. The highest BCUT2D eigenvalue weighted by molar-refractivity contribution is 5.75. The Morgan fingerprint density at radius 1 is 1.30 bits per heavy atom. The van der Waals surface area contributed by atoms with Gasteiger partial charge in [-0.15, -0.1) is 0 Å². The van der Waals surface area contributed by atoms with Crippen LogP contribution in [0.25, 0.3) is 0 Å². The zero-order valence-electron chi connectivity index (χ0n) is 11.0. The molecule has 6 nitrogen and oxygen atoms in total. The number of rotatable bonds is 5. The summed E-state index contributed by atoms with van der Waals surface area (Å²) in [4.78, 5) is 22.4. The normalized spacial score (nSPS) is 13.7. The molecule has 1 amide bonds. The Kier molecular flexibility index (Phi) is 5.45. The van der Waals surface area contributed by atoms with E-state index in [1.807, 2.05) is 0 Å². The number of ether oxygens (including phenoxy) is 1. The van der Waals surface area contributed by atoms with Crippen molar-refractivity contribution in [1.29, 1.82) is 0 Å². The van der Waals surface area contributed by atoms with Gasteiger partial charge in [0.05, 0.1) is 12.1 Å². The molecule has 0 fully saturated rings. The van der Waals surface area contributed by atoms with Crippen molar-refractivity contribution >= 4 is 12.1 Å². The van der Waals surface area contributed by atoms with E-state index in [0.29, 0.717) is 0 Å². The van der Waals surface area contributed by atoms with E-state index in [0.717, 1.165) is 6.07 Å². The van der Waals surface area contributed by atoms with E-state index in [2.05, 4.69) is 5.32 Å². The lowest BCUT2D eigenvalue weighted by atomic mass is 10.0. The summed E-state index contributed by atoms with van der Waals surface area (Å²) in [6, 6.07) is 3.82. The summed E-state index contributed by atoms with van der Waals surface area (Å²) >= 11 is 0. The summed E-state index contributed by atoms with van der Waals surface area (Å²) < 4.78 is 18.5. The largest absolute Gasteiger partial charge is 0.479 e. The predicted octanol–water partition coefficient (Wildman–Crippen LogP) is 1.45. The first-order valence-electron chi connectivity index (χ1n) is 5.95. The first-order chi connectivity index (χ1) is 9.32. The van der Waals surface area contributed by atoms with Crippen molar-refractivity contribution < 1.29 is 28.9 Å². The number of halogens is 1. The number of carbonyl (C=O) groups excluding carboxylic acids is 1. The first kappa shape index (κ1) is 15.9. The van der Waals surface area contributed by atoms with Gasteiger partial charge in [-0.2, -0.15) is 0 Å². The number of benzene rings is 1. The SMILES string of the molecule is CC(C)OC(=O)N[C@@H](c1ccccc1F)[C@@H](O)C(=O)O. The summed E-state index contributed by atoms with van der Waals surface area (Å²) in [7, 11) is 0. The highest BCUT2D eigenvalue weighted by Crippen LogP contribution is 2.21. The molecule has 0 saturated carbocycles. The fraction of sp³-hybridized carbons (Fsp3) is 0.385. The molecule has 0 aliphatic heterocycles. The van der Waals surface area contributed by atoms with Gasteiger partial charge in [0.2, 0.25) is 0 Å². The standard InChI is InChI=1S/C13H16FNO5/c1-7(2)20-13(19)15-10(11(16)12(17)18)8-5-3-4-6-9(8)14/h3-7,10-11,16H,1-2H3,(H,15,19)(H,17,18)/t10-,11+/m0/s1. The third kappa shape index (κ3) is 4.20. The molecule has 7 heteroatoms. The molecule has 1 rings (SSSR count). The fourth-order valence-corrected chi connectivity index (χ4v) is 1.57. The van der Waals surface area contributed by atoms with Gasteiger partial charge in [-0.1, -0.05) is 18.2 Å². The van der Waals surface area contributed by atoms with Crippen LogP contribution in [0.3, 0.4) is 0 Å². The molecule has 0 bridgehead atoms. The number of carboxylic acid groups (broad SMARTS) is 1. The lowest BCUT2D eigenvalue weighted by Gasteiger charge is -2.22. The van der Waals surface area contributed by atoms with E-state index >= 15 is 0 Å². The van der Waals surface area contributed by atoms with Gasteiger partial charge in [-0.3, -0.25) is 0 Å². The number of aliphatic hydroxyl groups excluding tert-OH is 1. The van der Waals surface area contributed by atoms with Crippen molar-refractivity contribution in [2.45, 2.75) is 32.1 Å². The van der Waals surface area contributed by atoms with Crippen molar-refractivity contribution in [3.63, 3.8) is 0 Å². The molecule has 20 heavy (non-hydrogen) atoms. The Morgan fingerprint density at radius 3 is 2.40 bits per heavy atom. The Labute approximate surface area is 115 Å². The third-order valence-corrected chi connectivity index (χ3v) is 2.43. The zero-order valence-corrected chi connectivity index (χ0v) is 11.0. The molecule has 3 N–H and O–H groups in total. The van der Waals surface area contributed by atoms with E-state index in [1.165, 1.54) is 18.2 Å². The van der Waals surface area contributed by atoms with Gasteiger partial charge in [0.25, 0.3) is 0 Å². The van der Waals surface area contributed by atoms with E-state index < -0.39 is 36.1 Å². The van der Waals surface area contributed by atoms with Gasteiger partial charge >= 0.3 is 12.1 Å². The number of aliphatic hydroxyl groups is 1. The summed E-state index contributed by atoms with van der Waals surface area (Å²) in [5.41, 5.74) is -0.136. The predicted molar refractivity (Wildman–Crippen MR) is 67.5 cm³/mol. The molecule has 0 saturated heterocycles. The summed E-state index contributed by atoms with van der Waals surface area (Å²) in [6.45, 7) is 3.20. The van der Waals surface area contributed by atoms with Crippen LogP contribution in [0.2, 0.25) is 0 Å². The second-order valence-corrected chi connectivity index (χ2v) is 4.38. The number of amides is 1. The highest BCUT2D eigenvalue weighted by atomic mass is 19.1. The van der Waals surface area contributed by atoms with Crippen LogP contribution in [0.5, 0.6) is 0 Å². The Balaban J connectivity index is 3.01. The molecular formula is C13H16FNO5. The lowest BCUT2D eigenvalue weighted by molar-refractivity contribution is -0.148. The van der Waals surface area contributed by atoms with Crippen LogP contribution < -0.4 is 5.32 Å². The minimum atomic E-state index is -1.99. The summed E-state index contributed by atoms with van der Waals surface area (Å²) in [5, 5.41) is 20.6. The summed E-state index contributed by atoms with van der Waals surface area (Å²) in [5.74, 6) is -2.31. The summed E-state index contributed by atoms with van der Waals surface area (Å²) in [6.07, 6.45) is -3.36. The molecule has 0 radical (unpaired) electrons. The number of nitrogens with one attached hydrogen (secondary N) is 1. The van der Waals surface area contributed by atoms with Gasteiger partial charge in [0.1, 0.15) is 5.82 Å². The van der Waals surface area contributed by atoms with E-state index in [1.54, 1.807) is 13.8 Å². The van der Waals surface area contributed by atoms with Gasteiger partial charge in [-0.25, -0.2) is 14.0 Å². The van der Waals surface area contributed by atoms with Gasteiger partial charge in [-0.05, 0) is 19.9 Å². The minimum absolute atomic E-state index is 0.136. The quantitative estimate of drug-likeness (QED) is 0.761. The molecule has 1 aromatic rings.